The summed E-state index contributed by atoms with van der Waals surface area (Å²) < 4.78 is 42.9. The fraction of sp³-hybridized carbons (Fsp3) is 0.519. The zero-order valence-corrected chi connectivity index (χ0v) is 20.4. The number of thioether (sulfide) groups is 1. The minimum Gasteiger partial charge on any atom is -0.489 e. The molecule has 0 aromatic heterocycles. The van der Waals surface area contributed by atoms with Gasteiger partial charge in [0.15, 0.2) is 0 Å². The van der Waals surface area contributed by atoms with E-state index in [1.807, 2.05) is 30.5 Å². The van der Waals surface area contributed by atoms with Crippen LogP contribution in [-0.4, -0.2) is 18.3 Å². The highest BCUT2D eigenvalue weighted by Crippen LogP contribution is 2.36. The summed E-state index contributed by atoms with van der Waals surface area (Å²) in [5, 5.41) is 0. The third kappa shape index (κ3) is 13.4. The van der Waals surface area contributed by atoms with Crippen molar-refractivity contribution in [2.75, 3.05) is 6.54 Å². The van der Waals surface area contributed by atoms with E-state index in [2.05, 4.69) is 11.9 Å². The van der Waals surface area contributed by atoms with E-state index >= 15 is 0 Å². The Labute approximate surface area is 201 Å². The molecule has 0 spiro atoms. The third-order valence-corrected chi connectivity index (χ3v) is 6.06. The van der Waals surface area contributed by atoms with Crippen molar-refractivity contribution in [1.29, 1.82) is 0 Å². The molecule has 0 fully saturated rings. The molecule has 0 atom stereocenters. The number of nitrogens with zero attached hydrogens (tertiary/aromatic N) is 1. The molecule has 2 aromatic rings. The lowest BCUT2D eigenvalue weighted by molar-refractivity contribution is -0.0328. The quantitative estimate of drug-likeness (QED) is 0.136. The second-order valence-corrected chi connectivity index (χ2v) is 9.41. The van der Waals surface area contributed by atoms with Gasteiger partial charge in [-0.15, -0.1) is 0 Å². The van der Waals surface area contributed by atoms with Crippen molar-refractivity contribution >= 4 is 18.0 Å². The van der Waals surface area contributed by atoms with Gasteiger partial charge in [-0.25, -0.2) is 0 Å². The van der Waals surface area contributed by atoms with Gasteiger partial charge in [-0.3, -0.25) is 4.99 Å². The van der Waals surface area contributed by atoms with Crippen molar-refractivity contribution in [3.8, 4) is 5.75 Å². The van der Waals surface area contributed by atoms with E-state index in [0.717, 1.165) is 29.8 Å². The SMILES string of the molecule is CCCCCCCCCCCCN=Cc1ccc(OCc2ccc(SC(F)(F)F)cc2)cc1. The Hall–Kier alpha value is -1.95. The van der Waals surface area contributed by atoms with Crippen LogP contribution in [0.1, 0.15) is 82.3 Å². The Kier molecular flexibility index (Phi) is 13.1. The maximum Gasteiger partial charge on any atom is 0.446 e. The summed E-state index contributed by atoms with van der Waals surface area (Å²) in [4.78, 5) is 4.69. The maximum absolute atomic E-state index is 12.4. The minimum absolute atomic E-state index is 0.111. The van der Waals surface area contributed by atoms with Crippen molar-refractivity contribution in [1.82, 2.24) is 0 Å². The van der Waals surface area contributed by atoms with Gasteiger partial charge in [-0.1, -0.05) is 76.8 Å². The van der Waals surface area contributed by atoms with Gasteiger partial charge in [0.2, 0.25) is 0 Å². The van der Waals surface area contributed by atoms with Gasteiger partial charge in [-0.2, -0.15) is 13.2 Å². The molecule has 2 aromatic carbocycles. The number of rotatable bonds is 16. The number of aliphatic imine (C=N–C) groups is 1. The third-order valence-electron chi connectivity index (χ3n) is 5.32. The van der Waals surface area contributed by atoms with E-state index in [0.29, 0.717) is 6.61 Å². The first-order valence-electron chi connectivity index (χ1n) is 12.0. The highest BCUT2D eigenvalue weighted by atomic mass is 32.2. The molecule has 33 heavy (non-hydrogen) atoms. The zero-order chi connectivity index (χ0) is 23.8. The van der Waals surface area contributed by atoms with Crippen molar-refractivity contribution in [2.45, 2.75) is 88.1 Å². The number of unbranched alkanes of at least 4 members (excludes halogenated alkanes) is 9. The number of halogens is 3. The number of ether oxygens (including phenoxy) is 1. The molecule has 0 amide bonds. The number of hydrogen-bond acceptors (Lipinski definition) is 3. The molecule has 0 saturated heterocycles. The molecule has 0 unspecified atom stereocenters. The molecule has 0 bridgehead atoms. The van der Waals surface area contributed by atoms with Crippen LogP contribution in [0.4, 0.5) is 13.2 Å². The summed E-state index contributed by atoms with van der Waals surface area (Å²) in [6, 6.07) is 13.9. The standard InChI is InChI=1S/C27H36F3NOS/c1-2-3-4-5-6-7-8-9-10-11-20-31-21-23-12-16-25(17-13-23)32-22-24-14-18-26(19-15-24)33-27(28,29)30/h12-19,21H,2-11,20,22H2,1H3. The molecule has 182 valence electrons. The van der Waals surface area contributed by atoms with Gasteiger partial charge in [0.05, 0.1) is 0 Å². The average molecular weight is 480 g/mol. The van der Waals surface area contributed by atoms with Crippen molar-refractivity contribution in [3.05, 3.63) is 59.7 Å². The normalized spacial score (nSPS) is 11.9. The molecule has 0 radical (unpaired) electrons. The molecule has 0 saturated carbocycles. The Morgan fingerprint density at radius 3 is 1.94 bits per heavy atom. The lowest BCUT2D eigenvalue weighted by atomic mass is 10.1. The lowest BCUT2D eigenvalue weighted by Gasteiger charge is -2.08. The van der Waals surface area contributed by atoms with Gasteiger partial charge in [-0.05, 0) is 65.7 Å². The summed E-state index contributed by atoms with van der Waals surface area (Å²) in [5.41, 5.74) is -2.41. The lowest BCUT2D eigenvalue weighted by Crippen LogP contribution is -1.99. The molecule has 2 rings (SSSR count). The van der Waals surface area contributed by atoms with Gasteiger partial charge < -0.3 is 4.74 Å². The first-order chi connectivity index (χ1) is 16.0. The van der Waals surface area contributed by atoms with Crippen LogP contribution in [0.5, 0.6) is 5.75 Å². The van der Waals surface area contributed by atoms with Crippen LogP contribution in [0.2, 0.25) is 0 Å². The largest absolute Gasteiger partial charge is 0.489 e. The monoisotopic (exact) mass is 479 g/mol. The highest BCUT2D eigenvalue weighted by Gasteiger charge is 2.28. The van der Waals surface area contributed by atoms with E-state index < -0.39 is 5.51 Å². The van der Waals surface area contributed by atoms with Crippen molar-refractivity contribution in [2.24, 2.45) is 4.99 Å². The van der Waals surface area contributed by atoms with Crippen LogP contribution >= 0.6 is 11.8 Å². The summed E-state index contributed by atoms with van der Waals surface area (Å²) >= 11 is -0.111. The summed E-state index contributed by atoms with van der Waals surface area (Å²) in [6.07, 6.45) is 15.1. The minimum atomic E-state index is -4.27. The van der Waals surface area contributed by atoms with Gasteiger partial charge >= 0.3 is 5.51 Å². The van der Waals surface area contributed by atoms with Crippen LogP contribution < -0.4 is 4.74 Å². The molecule has 6 heteroatoms. The van der Waals surface area contributed by atoms with Crippen molar-refractivity contribution in [3.63, 3.8) is 0 Å². The van der Waals surface area contributed by atoms with E-state index in [4.69, 9.17) is 4.74 Å². The topological polar surface area (TPSA) is 21.6 Å². The first kappa shape index (κ1) is 27.3. The van der Waals surface area contributed by atoms with Crippen LogP contribution in [-0.2, 0) is 6.61 Å². The fourth-order valence-electron chi connectivity index (χ4n) is 3.46. The number of benzene rings is 2. The van der Waals surface area contributed by atoms with Crippen LogP contribution in [0, 0.1) is 0 Å². The van der Waals surface area contributed by atoms with Crippen LogP contribution in [0.3, 0.4) is 0 Å². The van der Waals surface area contributed by atoms with E-state index in [1.54, 1.807) is 12.1 Å². The second kappa shape index (κ2) is 15.8. The molecule has 0 aliphatic heterocycles. The predicted octanol–water partition coefficient (Wildman–Crippen LogP) is 9.22. The maximum atomic E-state index is 12.4. The van der Waals surface area contributed by atoms with Gasteiger partial charge in [0.25, 0.3) is 0 Å². The molecule has 0 heterocycles. The van der Waals surface area contributed by atoms with Crippen LogP contribution in [0.25, 0.3) is 0 Å². The predicted molar refractivity (Wildman–Crippen MR) is 133 cm³/mol. The zero-order valence-electron chi connectivity index (χ0n) is 19.6. The highest BCUT2D eigenvalue weighted by molar-refractivity contribution is 8.00. The van der Waals surface area contributed by atoms with Gasteiger partial charge in [0, 0.05) is 17.7 Å². The molecule has 2 nitrogen and oxygen atoms in total. The molecule has 0 aliphatic carbocycles. The van der Waals surface area contributed by atoms with Crippen LogP contribution in [0.15, 0.2) is 58.4 Å². The van der Waals surface area contributed by atoms with E-state index in [-0.39, 0.29) is 16.7 Å². The summed E-state index contributed by atoms with van der Waals surface area (Å²) in [6.45, 7) is 3.42. The average Bonchev–Trinajstić information content (AvgIpc) is 2.79. The fourth-order valence-corrected chi connectivity index (χ4v) is 4.00. The van der Waals surface area contributed by atoms with Crippen molar-refractivity contribution < 1.29 is 17.9 Å². The van der Waals surface area contributed by atoms with E-state index in [1.165, 1.54) is 69.9 Å². The molecular formula is C27H36F3NOS. The Bertz CT molecular complexity index is 789. The number of alkyl halides is 3. The Balaban J connectivity index is 1.57. The number of hydrogen-bond donors (Lipinski definition) is 0. The van der Waals surface area contributed by atoms with Gasteiger partial charge in [0.1, 0.15) is 12.4 Å². The second-order valence-electron chi connectivity index (χ2n) is 8.27. The Morgan fingerprint density at radius 1 is 0.788 bits per heavy atom. The molecule has 0 N–H and O–H groups in total. The first-order valence-corrected chi connectivity index (χ1v) is 12.9. The summed E-state index contributed by atoms with van der Waals surface area (Å²) in [7, 11) is 0. The molecular weight excluding hydrogens is 443 g/mol. The smallest absolute Gasteiger partial charge is 0.446 e. The molecule has 0 aliphatic rings. The van der Waals surface area contributed by atoms with E-state index in [9.17, 15) is 13.2 Å². The summed E-state index contributed by atoms with van der Waals surface area (Å²) in [5.74, 6) is 0.718. The Morgan fingerprint density at radius 2 is 1.36 bits per heavy atom.